The zero-order chi connectivity index (χ0) is 20.7. The smallest absolute Gasteiger partial charge is 0.242 e. The predicted octanol–water partition coefficient (Wildman–Crippen LogP) is 2.88. The van der Waals surface area contributed by atoms with E-state index in [-0.39, 0.29) is 28.8 Å². The maximum Gasteiger partial charge on any atom is 0.242 e. The van der Waals surface area contributed by atoms with E-state index in [0.717, 1.165) is 30.2 Å². The number of hydrogen-bond donors (Lipinski definition) is 2. The van der Waals surface area contributed by atoms with Crippen molar-refractivity contribution in [1.82, 2.24) is 10.0 Å². The standard InChI is InChI=1S/C20H24ClN3O3S2/c21-18-3-1-2-4-19(18)29(26,27)23-10-9-20(25)22-15-16-5-7-17(8-6-16)24-11-13-28-14-12-24/h1-8,23H,9-15H2,(H,22,25). The van der Waals surface area contributed by atoms with Crippen molar-refractivity contribution in [2.24, 2.45) is 0 Å². The van der Waals surface area contributed by atoms with Crippen LogP contribution in [0.2, 0.25) is 5.02 Å². The molecular weight excluding hydrogens is 430 g/mol. The van der Waals surface area contributed by atoms with E-state index >= 15 is 0 Å². The molecule has 1 fully saturated rings. The highest BCUT2D eigenvalue weighted by Crippen LogP contribution is 2.21. The van der Waals surface area contributed by atoms with Gasteiger partial charge in [0.1, 0.15) is 4.90 Å². The average Bonchev–Trinajstić information content (AvgIpc) is 2.73. The molecule has 2 N–H and O–H groups in total. The molecule has 2 aromatic rings. The number of benzene rings is 2. The third kappa shape index (κ3) is 6.37. The summed E-state index contributed by atoms with van der Waals surface area (Å²) in [6.07, 6.45) is 0.0488. The molecule has 156 valence electrons. The summed E-state index contributed by atoms with van der Waals surface area (Å²) in [6, 6.07) is 14.4. The third-order valence-corrected chi connectivity index (χ3v) is 7.48. The second kappa shape index (κ2) is 10.3. The van der Waals surface area contributed by atoms with Gasteiger partial charge >= 0.3 is 0 Å². The number of nitrogens with zero attached hydrogens (tertiary/aromatic N) is 1. The normalized spacial score (nSPS) is 14.6. The monoisotopic (exact) mass is 453 g/mol. The Hall–Kier alpha value is -1.74. The molecule has 0 aromatic heterocycles. The van der Waals surface area contributed by atoms with E-state index in [1.54, 1.807) is 12.1 Å². The number of thioether (sulfide) groups is 1. The van der Waals surface area contributed by atoms with Gasteiger partial charge in [-0.25, -0.2) is 13.1 Å². The van der Waals surface area contributed by atoms with Gasteiger partial charge in [0.25, 0.3) is 0 Å². The lowest BCUT2D eigenvalue weighted by Gasteiger charge is -2.28. The van der Waals surface area contributed by atoms with Crippen molar-refractivity contribution >= 4 is 45.0 Å². The zero-order valence-electron chi connectivity index (χ0n) is 15.9. The minimum absolute atomic E-state index is 0.00526. The molecule has 0 unspecified atom stereocenters. The van der Waals surface area contributed by atoms with Crippen molar-refractivity contribution in [3.63, 3.8) is 0 Å². The number of anilines is 1. The highest BCUT2D eigenvalue weighted by molar-refractivity contribution is 7.99. The fourth-order valence-electron chi connectivity index (χ4n) is 2.97. The quantitative estimate of drug-likeness (QED) is 0.642. The Morgan fingerprint density at radius 2 is 1.76 bits per heavy atom. The van der Waals surface area contributed by atoms with Crippen LogP contribution in [0.5, 0.6) is 0 Å². The van der Waals surface area contributed by atoms with Crippen LogP contribution in [0.4, 0.5) is 5.69 Å². The lowest BCUT2D eigenvalue weighted by atomic mass is 10.2. The molecule has 1 saturated heterocycles. The first-order valence-electron chi connectivity index (χ1n) is 9.38. The minimum Gasteiger partial charge on any atom is -0.370 e. The molecule has 6 nitrogen and oxygen atoms in total. The first-order chi connectivity index (χ1) is 14.0. The lowest BCUT2D eigenvalue weighted by Crippen LogP contribution is -2.32. The molecular formula is C20H24ClN3O3S2. The van der Waals surface area contributed by atoms with Crippen LogP contribution in [0.1, 0.15) is 12.0 Å². The Bertz CT molecular complexity index is 930. The van der Waals surface area contributed by atoms with Gasteiger partial charge in [0.05, 0.1) is 5.02 Å². The average molecular weight is 454 g/mol. The molecule has 0 bridgehead atoms. The van der Waals surface area contributed by atoms with Gasteiger partial charge in [0.15, 0.2) is 0 Å². The van der Waals surface area contributed by atoms with E-state index in [9.17, 15) is 13.2 Å². The van der Waals surface area contributed by atoms with Gasteiger partial charge < -0.3 is 10.2 Å². The van der Waals surface area contributed by atoms with E-state index in [1.165, 1.54) is 17.8 Å². The van der Waals surface area contributed by atoms with Crippen LogP contribution in [0, 0.1) is 0 Å². The number of sulfonamides is 1. The molecule has 2 aromatic carbocycles. The Kier molecular flexibility index (Phi) is 7.83. The number of carbonyl (C=O) groups is 1. The molecule has 0 spiro atoms. The Balaban J connectivity index is 1.42. The topological polar surface area (TPSA) is 78.5 Å². The minimum atomic E-state index is -3.74. The number of hydrogen-bond acceptors (Lipinski definition) is 5. The molecule has 0 atom stereocenters. The van der Waals surface area contributed by atoms with Crippen molar-refractivity contribution in [1.29, 1.82) is 0 Å². The van der Waals surface area contributed by atoms with E-state index in [2.05, 4.69) is 27.1 Å². The fraction of sp³-hybridized carbons (Fsp3) is 0.350. The molecule has 0 radical (unpaired) electrons. The highest BCUT2D eigenvalue weighted by Gasteiger charge is 2.17. The van der Waals surface area contributed by atoms with Crippen LogP contribution < -0.4 is 14.9 Å². The highest BCUT2D eigenvalue weighted by atomic mass is 35.5. The summed E-state index contributed by atoms with van der Waals surface area (Å²) in [4.78, 5) is 14.4. The van der Waals surface area contributed by atoms with E-state index in [1.807, 2.05) is 23.9 Å². The van der Waals surface area contributed by atoms with E-state index in [0.29, 0.717) is 6.54 Å². The summed E-state index contributed by atoms with van der Waals surface area (Å²) < 4.78 is 26.9. The van der Waals surface area contributed by atoms with Gasteiger partial charge in [0, 0.05) is 49.8 Å². The van der Waals surface area contributed by atoms with Crippen LogP contribution in [0.3, 0.4) is 0 Å². The number of nitrogens with one attached hydrogen (secondary N) is 2. The molecule has 29 heavy (non-hydrogen) atoms. The maximum atomic E-state index is 12.2. The molecule has 0 saturated carbocycles. The van der Waals surface area contributed by atoms with Gasteiger partial charge in [0.2, 0.25) is 15.9 Å². The van der Waals surface area contributed by atoms with Gasteiger partial charge in [-0.05, 0) is 29.8 Å². The van der Waals surface area contributed by atoms with Crippen molar-refractivity contribution in [3.8, 4) is 0 Å². The molecule has 1 heterocycles. The largest absolute Gasteiger partial charge is 0.370 e. The van der Waals surface area contributed by atoms with Gasteiger partial charge in [-0.2, -0.15) is 11.8 Å². The van der Waals surface area contributed by atoms with Crippen LogP contribution >= 0.6 is 23.4 Å². The Labute approximate surface area is 181 Å². The second-order valence-corrected chi connectivity index (χ2v) is 9.99. The fourth-order valence-corrected chi connectivity index (χ4v) is 5.43. The SMILES string of the molecule is O=C(CCNS(=O)(=O)c1ccccc1Cl)NCc1ccc(N2CCSCC2)cc1. The van der Waals surface area contributed by atoms with Crippen molar-refractivity contribution < 1.29 is 13.2 Å². The van der Waals surface area contributed by atoms with Gasteiger partial charge in [-0.3, -0.25) is 4.79 Å². The Morgan fingerprint density at radius 1 is 1.07 bits per heavy atom. The summed E-state index contributed by atoms with van der Waals surface area (Å²) in [5.41, 5.74) is 2.21. The summed E-state index contributed by atoms with van der Waals surface area (Å²) in [5.74, 6) is 2.08. The number of rotatable bonds is 8. The third-order valence-electron chi connectivity index (χ3n) is 4.57. The van der Waals surface area contributed by atoms with Crippen LogP contribution in [0.15, 0.2) is 53.4 Å². The van der Waals surface area contributed by atoms with E-state index in [4.69, 9.17) is 11.6 Å². The van der Waals surface area contributed by atoms with Crippen LogP contribution in [-0.2, 0) is 21.4 Å². The van der Waals surface area contributed by atoms with Crippen LogP contribution in [0.25, 0.3) is 0 Å². The van der Waals surface area contributed by atoms with Crippen molar-refractivity contribution in [2.75, 3.05) is 36.0 Å². The maximum absolute atomic E-state index is 12.2. The summed E-state index contributed by atoms with van der Waals surface area (Å²) in [6.45, 7) is 2.53. The molecule has 1 amide bonds. The molecule has 9 heteroatoms. The van der Waals surface area contributed by atoms with Crippen molar-refractivity contribution in [2.45, 2.75) is 17.9 Å². The van der Waals surface area contributed by atoms with Gasteiger partial charge in [-0.15, -0.1) is 0 Å². The molecule has 1 aliphatic heterocycles. The first kappa shape index (κ1) is 22.0. The first-order valence-corrected chi connectivity index (χ1v) is 12.4. The molecule has 0 aliphatic carbocycles. The lowest BCUT2D eigenvalue weighted by molar-refractivity contribution is -0.121. The predicted molar refractivity (Wildman–Crippen MR) is 119 cm³/mol. The molecule has 3 rings (SSSR count). The van der Waals surface area contributed by atoms with E-state index < -0.39 is 10.0 Å². The molecule has 1 aliphatic rings. The Morgan fingerprint density at radius 3 is 2.45 bits per heavy atom. The summed E-state index contributed by atoms with van der Waals surface area (Å²) in [7, 11) is -3.74. The number of amides is 1. The number of halogens is 1. The van der Waals surface area contributed by atoms with Crippen LogP contribution in [-0.4, -0.2) is 45.5 Å². The summed E-state index contributed by atoms with van der Waals surface area (Å²) >= 11 is 7.90. The number of carbonyl (C=O) groups excluding carboxylic acids is 1. The summed E-state index contributed by atoms with van der Waals surface area (Å²) in [5, 5.41) is 2.97. The zero-order valence-corrected chi connectivity index (χ0v) is 18.3. The van der Waals surface area contributed by atoms with Crippen molar-refractivity contribution in [3.05, 3.63) is 59.1 Å². The second-order valence-electron chi connectivity index (χ2n) is 6.62. The van der Waals surface area contributed by atoms with Gasteiger partial charge in [-0.1, -0.05) is 35.9 Å².